The maximum absolute atomic E-state index is 10.4. The van der Waals surface area contributed by atoms with E-state index in [2.05, 4.69) is 18.6 Å². The first kappa shape index (κ1) is 9.62. The number of hydrogen-bond donors (Lipinski definition) is 1. The van der Waals surface area contributed by atoms with Crippen LogP contribution in [0.1, 0.15) is 0 Å². The maximum atomic E-state index is 10.4. The minimum atomic E-state index is -0.502. The van der Waals surface area contributed by atoms with Crippen molar-refractivity contribution in [2.24, 2.45) is 5.73 Å². The normalized spacial score (nSPS) is 9.75. The van der Waals surface area contributed by atoms with Crippen molar-refractivity contribution in [3.63, 3.8) is 0 Å². The van der Waals surface area contributed by atoms with Gasteiger partial charge in [-0.1, -0.05) is 0 Å². The zero-order valence-electron chi connectivity index (χ0n) is 3.73. The Balaban J connectivity index is 3.06. The summed E-state index contributed by atoms with van der Waals surface area (Å²) in [5.41, 5.74) is 5.12. The zero-order chi connectivity index (χ0) is 6.41. The van der Waals surface area contributed by atoms with Gasteiger partial charge in [-0.05, 0) is 0 Å². The second kappa shape index (κ2) is 6.74. The molecule has 0 aliphatic carbocycles. The predicted molar refractivity (Wildman–Crippen MR) is 29.6 cm³/mol. The molecule has 0 aromatic heterocycles. The van der Waals surface area contributed by atoms with Gasteiger partial charge in [-0.15, -0.1) is 0 Å². The van der Waals surface area contributed by atoms with E-state index in [0.717, 1.165) is 0 Å². The van der Waals surface area contributed by atoms with Crippen molar-refractivity contribution in [1.29, 1.82) is 0 Å². The first-order valence-electron chi connectivity index (χ1n) is 1.57. The molecular weight excluding hydrogens is 451 g/mol. The fraction of sp³-hybridized carbons (Fsp3) is 0.500. The van der Waals surface area contributed by atoms with Crippen LogP contribution in [0, 0.1) is 0 Å². The monoisotopic (exact) mass is 455 g/mol. The third-order valence-electron chi connectivity index (χ3n) is 0.276. The van der Waals surface area contributed by atoms with Gasteiger partial charge in [0.15, 0.2) is 0 Å². The molecule has 0 spiro atoms. The number of rotatable bonds is 3. The minimum absolute atomic E-state index is 0.0616. The van der Waals surface area contributed by atoms with Crippen molar-refractivity contribution in [1.82, 2.24) is 0 Å². The molecule has 0 rings (SSSR count). The number of carbonyl (C=O) groups is 1. The van der Waals surface area contributed by atoms with Gasteiger partial charge in [-0.25, -0.2) is 0 Å². The second-order valence-corrected chi connectivity index (χ2v) is 6.19. The molecule has 8 heavy (non-hydrogen) atoms. The van der Waals surface area contributed by atoms with Crippen LogP contribution in [0.15, 0.2) is 0 Å². The summed E-state index contributed by atoms with van der Waals surface area (Å²) in [5, 5.41) is 0. The van der Waals surface area contributed by atoms with Crippen LogP contribution in [-0.2, 0) is 3.07 Å². The quantitative estimate of drug-likeness (QED) is 0.200. The summed E-state index contributed by atoms with van der Waals surface area (Å²) < 4.78 is 5.15. The molecule has 0 aromatic carbocycles. The third kappa shape index (κ3) is 5.75. The van der Waals surface area contributed by atoms with Gasteiger partial charge in [0.1, 0.15) is 0 Å². The molecule has 0 radical (unpaired) electrons. The van der Waals surface area contributed by atoms with Gasteiger partial charge < -0.3 is 0 Å². The van der Waals surface area contributed by atoms with Gasteiger partial charge >= 0.3 is 79.6 Å². The van der Waals surface area contributed by atoms with Gasteiger partial charge in [0.05, 0.1) is 0 Å². The summed E-state index contributed by atoms with van der Waals surface area (Å²) >= 11 is 1.23. The van der Waals surface area contributed by atoms with Gasteiger partial charge in [-0.2, -0.15) is 0 Å². The first-order valence-corrected chi connectivity index (χ1v) is 11.3. The third-order valence-corrected chi connectivity index (χ3v) is 4.09. The Labute approximate surface area is 78.3 Å². The van der Waals surface area contributed by atoms with Crippen molar-refractivity contribution in [3.8, 4) is 0 Å². The molecule has 0 saturated carbocycles. The molecule has 52 valence electrons. The average molecular weight is 455 g/mol. The van der Waals surface area contributed by atoms with Gasteiger partial charge in [0, 0.05) is 0 Å². The van der Waals surface area contributed by atoms with E-state index in [-0.39, 0.29) is 21.6 Å². The molecule has 0 atom stereocenters. The van der Waals surface area contributed by atoms with Crippen LogP contribution in [-0.4, -0.2) is 8.53 Å². The van der Waals surface area contributed by atoms with Gasteiger partial charge in [0.2, 0.25) is 0 Å². The Morgan fingerprint density at radius 3 is 2.88 bits per heavy atom. The van der Waals surface area contributed by atoms with Crippen LogP contribution < -0.4 is 44.6 Å². The molecule has 0 fully saturated rings. The molecule has 0 saturated heterocycles. The summed E-state index contributed by atoms with van der Waals surface area (Å²) in [4.78, 5) is 10.4. The van der Waals surface area contributed by atoms with Gasteiger partial charge in [0.25, 0.3) is 0 Å². The van der Waals surface area contributed by atoms with Crippen LogP contribution in [0.5, 0.6) is 0 Å². The fourth-order valence-corrected chi connectivity index (χ4v) is 5.21. The van der Waals surface area contributed by atoms with Crippen LogP contribution >= 0.6 is 18.6 Å². The molecule has 0 heterocycles. The molecule has 0 aromatic rings. The summed E-state index contributed by atoms with van der Waals surface area (Å²) in [6.07, 6.45) is 0. The van der Waals surface area contributed by atoms with E-state index in [0.29, 0.717) is 4.55 Å². The molecule has 0 amide bonds. The van der Waals surface area contributed by atoms with Crippen molar-refractivity contribution < 1.29 is 46.7 Å². The second-order valence-electron chi connectivity index (χ2n) is 0.661. The van der Waals surface area contributed by atoms with E-state index in [1.165, 1.54) is 0 Å². The van der Waals surface area contributed by atoms with Crippen molar-refractivity contribution in [2.45, 2.75) is 0 Å². The molecule has 0 aliphatic rings. The Morgan fingerprint density at radius 1 is 1.88 bits per heavy atom. The van der Waals surface area contributed by atoms with Crippen LogP contribution in [0.2, 0.25) is 0 Å². The molecule has 3 nitrogen and oxygen atoms in total. The fourth-order valence-electron chi connectivity index (χ4n) is 0.107. The molecule has 2 N–H and O–H groups in total. The zero-order valence-corrected chi connectivity index (χ0v) is 10.2. The van der Waals surface area contributed by atoms with E-state index in [4.69, 9.17) is 8.80 Å². The molecular formula is C2H4I3NO2-2. The number of halogens is 3. The average Bonchev–Trinajstić information content (AvgIpc) is 1.68. The molecule has 0 unspecified atom stereocenters. The molecule has 6 heteroatoms. The Hall–Kier alpha value is 1.62. The van der Waals surface area contributed by atoms with Crippen LogP contribution in [0.25, 0.3) is 0 Å². The Kier molecular flexibility index (Phi) is 8.10. The molecule has 0 bridgehead atoms. The number of hydrogen-bond acceptors (Lipinski definition) is 3. The standard InChI is InChI=1S/C2H4I3NO2/c3-5-8-2(7)4-1-6/h1,6H2/q-2. The van der Waals surface area contributed by atoms with Crippen molar-refractivity contribution in [2.75, 3.05) is 4.55 Å². The van der Waals surface area contributed by atoms with Crippen LogP contribution in [0.3, 0.4) is 0 Å². The number of alkyl halides is 1. The Bertz CT molecular complexity index is 69.7. The van der Waals surface area contributed by atoms with Crippen LogP contribution in [0.4, 0.5) is 4.79 Å². The van der Waals surface area contributed by atoms with Crippen molar-refractivity contribution in [3.05, 3.63) is 0 Å². The first-order chi connectivity index (χ1) is 3.81. The van der Waals surface area contributed by atoms with E-state index in [9.17, 15) is 4.79 Å². The molecule has 0 aliphatic heterocycles. The van der Waals surface area contributed by atoms with Gasteiger partial charge in [-0.3, -0.25) is 0 Å². The SMILES string of the molecule is NC[I-]C(=O)O[I-]I. The topological polar surface area (TPSA) is 52.3 Å². The van der Waals surface area contributed by atoms with E-state index < -0.39 is 21.2 Å². The summed E-state index contributed by atoms with van der Waals surface area (Å²) in [6, 6.07) is 0. The summed E-state index contributed by atoms with van der Waals surface area (Å²) in [6.45, 7) is 0. The van der Waals surface area contributed by atoms with Crippen molar-refractivity contribution >= 4 is 22.6 Å². The number of carbonyl (C=O) groups excluding carboxylic acids is 1. The number of nitrogens with two attached hydrogens (primary N) is 1. The van der Waals surface area contributed by atoms with E-state index in [1.54, 1.807) is 0 Å². The summed E-state index contributed by atoms with van der Waals surface area (Å²) in [5.74, 6) is 0. The predicted octanol–water partition coefficient (Wildman–Crippen LogP) is -5.52. The summed E-state index contributed by atoms with van der Waals surface area (Å²) in [7, 11) is 0. The van der Waals surface area contributed by atoms with E-state index >= 15 is 0 Å². The Morgan fingerprint density at radius 2 is 2.50 bits per heavy atom. The van der Waals surface area contributed by atoms with E-state index in [1.807, 2.05) is 0 Å².